The molecule has 0 aliphatic carbocycles. The summed E-state index contributed by atoms with van der Waals surface area (Å²) in [5, 5.41) is 4.05. The van der Waals surface area contributed by atoms with Gasteiger partial charge in [-0.3, -0.25) is 14.3 Å². The Morgan fingerprint density at radius 1 is 1.11 bits per heavy atom. The highest BCUT2D eigenvalue weighted by atomic mass is 19.1. The van der Waals surface area contributed by atoms with Crippen LogP contribution in [0.3, 0.4) is 0 Å². The van der Waals surface area contributed by atoms with Gasteiger partial charge >= 0.3 is 5.69 Å². The number of carbonyl (C=O) groups excluding carboxylic acids is 1. The van der Waals surface area contributed by atoms with Crippen LogP contribution in [0.4, 0.5) is 4.39 Å². The Balaban J connectivity index is 1.21. The molecule has 1 fully saturated rings. The second kappa shape index (κ2) is 9.12. The van der Waals surface area contributed by atoms with E-state index in [2.05, 4.69) is 20.1 Å². The molecule has 5 aromatic rings. The van der Waals surface area contributed by atoms with Crippen LogP contribution in [0.25, 0.3) is 33.7 Å². The van der Waals surface area contributed by atoms with E-state index in [1.54, 1.807) is 31.4 Å². The van der Waals surface area contributed by atoms with Gasteiger partial charge in [-0.1, -0.05) is 17.3 Å². The summed E-state index contributed by atoms with van der Waals surface area (Å²) in [7, 11) is 1.69. The Morgan fingerprint density at radius 2 is 1.95 bits per heavy atom. The third kappa shape index (κ3) is 4.31. The molecule has 0 saturated carbocycles. The lowest BCUT2D eigenvalue weighted by Crippen LogP contribution is -2.39. The maximum atomic E-state index is 13.4. The molecule has 186 valence electrons. The highest BCUT2D eigenvalue weighted by Crippen LogP contribution is 2.29. The molecule has 0 spiro atoms. The maximum absolute atomic E-state index is 13.4. The molecule has 10 heteroatoms. The molecule has 1 unspecified atom stereocenters. The number of likely N-dealkylation sites (tertiary alicyclic amines) is 1. The van der Waals surface area contributed by atoms with Crippen LogP contribution in [-0.2, 0) is 7.05 Å². The molecule has 9 nitrogen and oxygen atoms in total. The molecule has 0 bridgehead atoms. The first-order valence-electron chi connectivity index (χ1n) is 12.0. The van der Waals surface area contributed by atoms with Crippen molar-refractivity contribution in [3.05, 3.63) is 88.5 Å². The summed E-state index contributed by atoms with van der Waals surface area (Å²) in [6.45, 7) is 1.10. The van der Waals surface area contributed by atoms with Crippen molar-refractivity contribution in [2.24, 2.45) is 7.05 Å². The van der Waals surface area contributed by atoms with Crippen molar-refractivity contribution in [3.8, 4) is 22.5 Å². The van der Waals surface area contributed by atoms with Crippen molar-refractivity contribution in [3.63, 3.8) is 0 Å². The predicted molar refractivity (Wildman–Crippen MR) is 134 cm³/mol. The number of fused-ring (bicyclic) bond motifs is 1. The van der Waals surface area contributed by atoms with Gasteiger partial charge in [-0.25, -0.2) is 14.2 Å². The largest absolute Gasteiger partial charge is 0.339 e. The molecule has 1 amide bonds. The number of nitrogens with one attached hydrogen (secondary N) is 1. The highest BCUT2D eigenvalue weighted by Gasteiger charge is 2.29. The average Bonchev–Trinajstić information content (AvgIpc) is 3.53. The summed E-state index contributed by atoms with van der Waals surface area (Å²) < 4.78 is 20.3. The zero-order chi connectivity index (χ0) is 25.5. The number of pyridine rings is 1. The third-order valence-electron chi connectivity index (χ3n) is 6.80. The van der Waals surface area contributed by atoms with Crippen molar-refractivity contribution in [2.45, 2.75) is 18.8 Å². The van der Waals surface area contributed by atoms with Crippen LogP contribution in [0, 0.1) is 5.82 Å². The fourth-order valence-corrected chi connectivity index (χ4v) is 4.75. The number of aryl methyl sites for hydroxylation is 1. The second-order valence-electron chi connectivity index (χ2n) is 9.22. The van der Waals surface area contributed by atoms with Gasteiger partial charge in [0.2, 0.25) is 11.7 Å². The van der Waals surface area contributed by atoms with Crippen molar-refractivity contribution in [1.82, 2.24) is 29.6 Å². The lowest BCUT2D eigenvalue weighted by molar-refractivity contribution is 0.0695. The normalized spacial score (nSPS) is 15.8. The number of amides is 1. The van der Waals surface area contributed by atoms with Gasteiger partial charge in [-0.2, -0.15) is 4.98 Å². The Labute approximate surface area is 210 Å². The minimum absolute atomic E-state index is 0.0760. The van der Waals surface area contributed by atoms with E-state index in [1.165, 1.54) is 16.7 Å². The molecule has 37 heavy (non-hydrogen) atoms. The molecule has 1 N–H and O–H groups in total. The van der Waals surface area contributed by atoms with Gasteiger partial charge in [0.15, 0.2) is 5.65 Å². The first kappa shape index (κ1) is 22.8. The lowest BCUT2D eigenvalue weighted by Gasteiger charge is -2.31. The SMILES string of the molecule is Cn1c(=O)[nH]c2ncc(-c3cccc(C(=O)N4CCCC(c5nc(-c6ccc(F)cc6)no5)C4)c3)cc21. The van der Waals surface area contributed by atoms with Crippen molar-refractivity contribution in [2.75, 3.05) is 13.1 Å². The third-order valence-corrected chi connectivity index (χ3v) is 6.80. The molecule has 2 aromatic carbocycles. The van der Waals surface area contributed by atoms with Crippen LogP contribution in [0.5, 0.6) is 0 Å². The van der Waals surface area contributed by atoms with Crippen LogP contribution in [-0.4, -0.2) is 48.6 Å². The number of hydrogen-bond acceptors (Lipinski definition) is 6. The van der Waals surface area contributed by atoms with Crippen molar-refractivity contribution < 1.29 is 13.7 Å². The van der Waals surface area contributed by atoms with E-state index in [9.17, 15) is 14.0 Å². The number of rotatable bonds is 4. The van der Waals surface area contributed by atoms with Gasteiger partial charge < -0.3 is 9.42 Å². The van der Waals surface area contributed by atoms with Crippen LogP contribution in [0.1, 0.15) is 35.0 Å². The molecular weight excluding hydrogens is 475 g/mol. The first-order chi connectivity index (χ1) is 18.0. The van der Waals surface area contributed by atoms with Gasteiger partial charge in [-0.05, 0) is 60.9 Å². The van der Waals surface area contributed by atoms with Crippen LogP contribution in [0.2, 0.25) is 0 Å². The minimum atomic E-state index is -0.329. The fourth-order valence-electron chi connectivity index (χ4n) is 4.75. The van der Waals surface area contributed by atoms with Gasteiger partial charge in [0.1, 0.15) is 5.82 Å². The molecule has 4 heterocycles. The predicted octanol–water partition coefficient (Wildman–Crippen LogP) is 4.14. The number of piperidine rings is 1. The Kier molecular flexibility index (Phi) is 5.63. The fraction of sp³-hybridized carbons (Fsp3) is 0.222. The van der Waals surface area contributed by atoms with Crippen LogP contribution in [0.15, 0.2) is 70.1 Å². The number of hydrogen-bond donors (Lipinski definition) is 1. The standard InChI is InChI=1S/C27H23FN6O3/c1-33-22-13-20(14-29-24(22)31-27(33)36)17-4-2-5-18(12-17)26(35)34-11-3-6-19(15-34)25-30-23(32-37-25)16-7-9-21(28)10-8-16/h2,4-5,7-10,12-14,19H,3,6,11,15H2,1H3,(H,29,31,36). The van der Waals surface area contributed by atoms with Crippen molar-refractivity contribution >= 4 is 17.1 Å². The van der Waals surface area contributed by atoms with Crippen LogP contribution < -0.4 is 5.69 Å². The molecule has 0 radical (unpaired) electrons. The van der Waals surface area contributed by atoms with Crippen LogP contribution >= 0.6 is 0 Å². The van der Waals surface area contributed by atoms with E-state index in [0.29, 0.717) is 47.1 Å². The Bertz CT molecular complexity index is 1670. The van der Waals surface area contributed by atoms with Gasteiger partial charge in [-0.15, -0.1) is 0 Å². The smallest absolute Gasteiger partial charge is 0.327 e. The van der Waals surface area contributed by atoms with E-state index < -0.39 is 0 Å². The minimum Gasteiger partial charge on any atom is -0.339 e. The summed E-state index contributed by atoms with van der Waals surface area (Å²) >= 11 is 0. The number of imidazole rings is 1. The molecule has 1 aliphatic rings. The topological polar surface area (TPSA) is 110 Å². The van der Waals surface area contributed by atoms with Gasteiger partial charge in [0.25, 0.3) is 5.91 Å². The number of halogens is 1. The van der Waals surface area contributed by atoms with Gasteiger partial charge in [0.05, 0.1) is 11.4 Å². The van der Waals surface area contributed by atoms with E-state index >= 15 is 0 Å². The highest BCUT2D eigenvalue weighted by molar-refractivity contribution is 5.95. The zero-order valence-electron chi connectivity index (χ0n) is 20.0. The zero-order valence-corrected chi connectivity index (χ0v) is 20.0. The number of nitrogens with zero attached hydrogens (tertiary/aromatic N) is 5. The van der Waals surface area contributed by atoms with Gasteiger partial charge in [0, 0.05) is 43.0 Å². The number of carbonyl (C=O) groups is 1. The summed E-state index contributed by atoms with van der Waals surface area (Å²) in [6.07, 6.45) is 3.33. The molecule has 1 saturated heterocycles. The van der Waals surface area contributed by atoms with E-state index in [1.807, 2.05) is 29.2 Å². The first-order valence-corrected chi connectivity index (χ1v) is 12.0. The lowest BCUT2D eigenvalue weighted by atomic mass is 9.96. The van der Waals surface area contributed by atoms with Crippen molar-refractivity contribution in [1.29, 1.82) is 0 Å². The number of H-pyrrole nitrogens is 1. The van der Waals surface area contributed by atoms with E-state index in [-0.39, 0.29) is 23.3 Å². The number of benzene rings is 2. The molecule has 1 aliphatic heterocycles. The molecule has 6 rings (SSSR count). The van der Waals surface area contributed by atoms with E-state index in [0.717, 1.165) is 24.0 Å². The number of aromatic amines is 1. The van der Waals surface area contributed by atoms with E-state index in [4.69, 9.17) is 4.52 Å². The summed E-state index contributed by atoms with van der Waals surface area (Å²) in [6, 6.07) is 15.2. The summed E-state index contributed by atoms with van der Waals surface area (Å²) in [5.74, 6) is 0.389. The maximum Gasteiger partial charge on any atom is 0.327 e. The molecular formula is C27H23FN6O3. The second-order valence-corrected chi connectivity index (χ2v) is 9.22. The Hall–Kier alpha value is -4.60. The number of aromatic nitrogens is 5. The summed E-state index contributed by atoms with van der Waals surface area (Å²) in [5.41, 5.74) is 3.87. The summed E-state index contributed by atoms with van der Waals surface area (Å²) in [4.78, 5) is 38.8. The molecule has 3 aromatic heterocycles. The average molecular weight is 499 g/mol. The monoisotopic (exact) mass is 498 g/mol. The Morgan fingerprint density at radius 3 is 2.78 bits per heavy atom. The quantitative estimate of drug-likeness (QED) is 0.399. The molecule has 1 atom stereocenters.